The van der Waals surface area contributed by atoms with Gasteiger partial charge in [0.15, 0.2) is 0 Å². The summed E-state index contributed by atoms with van der Waals surface area (Å²) in [5.74, 6) is 1.04. The van der Waals surface area contributed by atoms with Gasteiger partial charge in [-0.15, -0.1) is 0 Å². The summed E-state index contributed by atoms with van der Waals surface area (Å²) in [6.45, 7) is 0.565. The molecule has 2 aromatic rings. The van der Waals surface area contributed by atoms with Gasteiger partial charge in [0.2, 0.25) is 11.7 Å². The van der Waals surface area contributed by atoms with Crippen LogP contribution >= 0.6 is 0 Å². The van der Waals surface area contributed by atoms with E-state index < -0.39 is 0 Å². The van der Waals surface area contributed by atoms with E-state index in [1.807, 2.05) is 13.2 Å². The van der Waals surface area contributed by atoms with Gasteiger partial charge in [-0.2, -0.15) is 10.1 Å². The summed E-state index contributed by atoms with van der Waals surface area (Å²) in [5.41, 5.74) is 0.820. The van der Waals surface area contributed by atoms with Crippen LogP contribution in [0.1, 0.15) is 18.4 Å². The summed E-state index contributed by atoms with van der Waals surface area (Å²) in [6.07, 6.45) is 3.78. The van der Waals surface area contributed by atoms with E-state index in [0.29, 0.717) is 24.7 Å². The SMILES string of the molecule is Cn1cc(-c2noc([C@@H]3C[C@H](O)CN3)n2)cn1. The fourth-order valence-electron chi connectivity index (χ4n) is 1.94. The van der Waals surface area contributed by atoms with Crippen LogP contribution in [0.4, 0.5) is 0 Å². The molecule has 7 heteroatoms. The number of hydrogen-bond donors (Lipinski definition) is 2. The zero-order valence-corrected chi connectivity index (χ0v) is 9.37. The monoisotopic (exact) mass is 235 g/mol. The van der Waals surface area contributed by atoms with Crippen LogP contribution in [-0.2, 0) is 7.05 Å². The number of aryl methyl sites for hydroxylation is 1. The molecule has 1 aliphatic rings. The molecular weight excluding hydrogens is 222 g/mol. The van der Waals surface area contributed by atoms with E-state index in [1.54, 1.807) is 10.9 Å². The van der Waals surface area contributed by atoms with Gasteiger partial charge in [-0.3, -0.25) is 4.68 Å². The van der Waals surface area contributed by atoms with Gasteiger partial charge in [0.1, 0.15) is 0 Å². The zero-order valence-electron chi connectivity index (χ0n) is 9.37. The van der Waals surface area contributed by atoms with Crippen LogP contribution in [0.2, 0.25) is 0 Å². The van der Waals surface area contributed by atoms with Crippen LogP contribution in [-0.4, -0.2) is 37.7 Å². The van der Waals surface area contributed by atoms with Gasteiger partial charge >= 0.3 is 0 Å². The molecule has 1 aliphatic heterocycles. The van der Waals surface area contributed by atoms with E-state index in [9.17, 15) is 5.11 Å². The molecular formula is C10H13N5O2. The highest BCUT2D eigenvalue weighted by molar-refractivity contribution is 5.51. The fourth-order valence-corrected chi connectivity index (χ4v) is 1.94. The van der Waals surface area contributed by atoms with Crippen molar-refractivity contribution in [2.45, 2.75) is 18.6 Å². The Morgan fingerprint density at radius 2 is 2.47 bits per heavy atom. The molecule has 1 fully saturated rings. The summed E-state index contributed by atoms with van der Waals surface area (Å²) >= 11 is 0. The average Bonchev–Trinajstić information content (AvgIpc) is 2.96. The van der Waals surface area contributed by atoms with Crippen molar-refractivity contribution < 1.29 is 9.63 Å². The molecule has 0 aliphatic carbocycles. The molecule has 3 rings (SSSR count). The predicted octanol–water partition coefficient (Wildman–Crippen LogP) is -0.135. The van der Waals surface area contributed by atoms with Gasteiger partial charge < -0.3 is 14.9 Å². The predicted molar refractivity (Wildman–Crippen MR) is 57.9 cm³/mol. The number of aromatic nitrogens is 4. The molecule has 90 valence electrons. The van der Waals surface area contributed by atoms with E-state index in [0.717, 1.165) is 5.56 Å². The van der Waals surface area contributed by atoms with Crippen LogP contribution in [0.3, 0.4) is 0 Å². The first-order valence-corrected chi connectivity index (χ1v) is 5.46. The van der Waals surface area contributed by atoms with E-state index in [2.05, 4.69) is 20.6 Å². The summed E-state index contributed by atoms with van der Waals surface area (Å²) in [7, 11) is 1.83. The van der Waals surface area contributed by atoms with Crippen molar-refractivity contribution in [2.24, 2.45) is 7.05 Å². The fraction of sp³-hybridized carbons (Fsp3) is 0.500. The molecule has 2 aromatic heterocycles. The maximum Gasteiger partial charge on any atom is 0.244 e. The van der Waals surface area contributed by atoms with Crippen LogP contribution < -0.4 is 5.32 Å². The lowest BCUT2D eigenvalue weighted by Gasteiger charge is -2.01. The van der Waals surface area contributed by atoms with Crippen LogP contribution in [0.5, 0.6) is 0 Å². The smallest absolute Gasteiger partial charge is 0.244 e. The van der Waals surface area contributed by atoms with E-state index in [-0.39, 0.29) is 12.1 Å². The second kappa shape index (κ2) is 3.94. The minimum atomic E-state index is -0.339. The Balaban J connectivity index is 1.83. The van der Waals surface area contributed by atoms with E-state index in [4.69, 9.17) is 4.52 Å². The van der Waals surface area contributed by atoms with Crippen molar-refractivity contribution in [3.8, 4) is 11.4 Å². The molecule has 7 nitrogen and oxygen atoms in total. The molecule has 0 aromatic carbocycles. The van der Waals surface area contributed by atoms with E-state index >= 15 is 0 Å². The van der Waals surface area contributed by atoms with Gasteiger partial charge in [-0.1, -0.05) is 5.16 Å². The number of nitrogens with zero attached hydrogens (tertiary/aromatic N) is 4. The highest BCUT2D eigenvalue weighted by atomic mass is 16.5. The lowest BCUT2D eigenvalue weighted by Crippen LogP contribution is -2.15. The van der Waals surface area contributed by atoms with Gasteiger partial charge in [0, 0.05) is 19.8 Å². The summed E-state index contributed by atoms with van der Waals surface area (Å²) < 4.78 is 6.87. The molecule has 0 spiro atoms. The molecule has 0 amide bonds. The largest absolute Gasteiger partial charge is 0.392 e. The first-order valence-electron chi connectivity index (χ1n) is 5.46. The Labute approximate surface area is 97.4 Å². The Morgan fingerprint density at radius 3 is 3.12 bits per heavy atom. The third-order valence-corrected chi connectivity index (χ3v) is 2.81. The van der Waals surface area contributed by atoms with Gasteiger partial charge in [-0.05, 0) is 6.42 Å². The quantitative estimate of drug-likeness (QED) is 0.753. The maximum absolute atomic E-state index is 9.42. The topological polar surface area (TPSA) is 89.0 Å². The Morgan fingerprint density at radius 1 is 1.59 bits per heavy atom. The third-order valence-electron chi connectivity index (χ3n) is 2.81. The van der Waals surface area contributed by atoms with Crippen molar-refractivity contribution in [3.05, 3.63) is 18.3 Å². The van der Waals surface area contributed by atoms with Crippen molar-refractivity contribution in [1.82, 2.24) is 25.2 Å². The maximum atomic E-state index is 9.42. The second-order valence-electron chi connectivity index (χ2n) is 4.21. The van der Waals surface area contributed by atoms with E-state index in [1.165, 1.54) is 0 Å². The van der Waals surface area contributed by atoms with Crippen molar-refractivity contribution in [3.63, 3.8) is 0 Å². The first-order chi connectivity index (χ1) is 8.22. The molecule has 2 N–H and O–H groups in total. The normalized spacial score (nSPS) is 24.4. The van der Waals surface area contributed by atoms with Crippen molar-refractivity contribution >= 4 is 0 Å². The molecule has 0 radical (unpaired) electrons. The van der Waals surface area contributed by atoms with Crippen LogP contribution in [0.25, 0.3) is 11.4 Å². The van der Waals surface area contributed by atoms with Crippen LogP contribution in [0.15, 0.2) is 16.9 Å². The summed E-state index contributed by atoms with van der Waals surface area (Å²) in [6, 6.07) is -0.0529. The number of rotatable bonds is 2. The molecule has 1 saturated heterocycles. The van der Waals surface area contributed by atoms with Gasteiger partial charge in [0.25, 0.3) is 0 Å². The minimum absolute atomic E-state index is 0.0529. The highest BCUT2D eigenvalue weighted by Crippen LogP contribution is 2.24. The molecule has 17 heavy (non-hydrogen) atoms. The lowest BCUT2D eigenvalue weighted by molar-refractivity contribution is 0.191. The van der Waals surface area contributed by atoms with Gasteiger partial charge in [-0.25, -0.2) is 0 Å². The lowest BCUT2D eigenvalue weighted by atomic mass is 10.2. The third kappa shape index (κ3) is 1.94. The summed E-state index contributed by atoms with van der Waals surface area (Å²) in [4.78, 5) is 4.31. The number of aliphatic hydroxyl groups excluding tert-OH is 1. The van der Waals surface area contributed by atoms with Gasteiger partial charge in [0.05, 0.1) is 23.9 Å². The minimum Gasteiger partial charge on any atom is -0.392 e. The Hall–Kier alpha value is -1.73. The standard InChI is InChI=1S/C10H13N5O2/c1-15-5-6(3-12-15)9-13-10(17-14-9)8-2-7(16)4-11-8/h3,5,7-8,11,16H,2,4H2,1H3/t7-,8-/m0/s1. The average molecular weight is 235 g/mol. The number of β-amino-alcohol motifs (C(OH)–C–C–N with tert-alkyl or cyclic N) is 1. The summed E-state index contributed by atoms with van der Waals surface area (Å²) in [5, 5.41) is 20.5. The highest BCUT2D eigenvalue weighted by Gasteiger charge is 2.28. The van der Waals surface area contributed by atoms with Crippen molar-refractivity contribution in [2.75, 3.05) is 6.54 Å². The number of aliphatic hydroxyl groups is 1. The first kappa shape index (κ1) is 10.4. The van der Waals surface area contributed by atoms with Crippen LogP contribution in [0, 0.1) is 0 Å². The molecule has 0 saturated carbocycles. The molecule has 0 bridgehead atoms. The molecule has 3 heterocycles. The number of hydrogen-bond acceptors (Lipinski definition) is 6. The zero-order chi connectivity index (χ0) is 11.8. The molecule has 2 atom stereocenters. The van der Waals surface area contributed by atoms with Crippen molar-refractivity contribution in [1.29, 1.82) is 0 Å². The Kier molecular flexibility index (Phi) is 2.41. The molecule has 0 unspecified atom stereocenters. The second-order valence-corrected chi connectivity index (χ2v) is 4.21. The Bertz CT molecular complexity index is 520. The number of nitrogens with one attached hydrogen (secondary N) is 1.